The number of halogens is 1. The molecule has 7 nitrogen and oxygen atoms in total. The molecule has 0 bridgehead atoms. The molecule has 0 fully saturated rings. The summed E-state index contributed by atoms with van der Waals surface area (Å²) < 4.78 is 41.8. The van der Waals surface area contributed by atoms with Crippen LogP contribution < -0.4 is 18.6 Å². The van der Waals surface area contributed by atoms with Crippen LogP contribution in [0.15, 0.2) is 12.0 Å². The maximum atomic E-state index is 8.49. The predicted octanol–water partition coefficient (Wildman–Crippen LogP) is -2.43. The van der Waals surface area contributed by atoms with Gasteiger partial charge in [0.15, 0.2) is 5.76 Å². The zero-order chi connectivity index (χ0) is 16.9. The van der Waals surface area contributed by atoms with Gasteiger partial charge >= 0.3 is 0 Å². The van der Waals surface area contributed by atoms with Crippen molar-refractivity contribution >= 4 is 6.21 Å². The van der Waals surface area contributed by atoms with Crippen LogP contribution in [0.3, 0.4) is 0 Å². The summed E-state index contributed by atoms with van der Waals surface area (Å²) in [6.45, 7) is 15.4. The second-order valence-electron chi connectivity index (χ2n) is 3.91. The van der Waals surface area contributed by atoms with Crippen molar-refractivity contribution in [1.29, 1.82) is 0 Å². The summed E-state index contributed by atoms with van der Waals surface area (Å²) in [6, 6.07) is 0. The van der Waals surface area contributed by atoms with E-state index >= 15 is 0 Å². The van der Waals surface area contributed by atoms with Gasteiger partial charge < -0.3 is 9.64 Å². The molecular formula is C13H27ClN2O5. The molecule has 0 aliphatic heterocycles. The van der Waals surface area contributed by atoms with Gasteiger partial charge in [0.05, 0.1) is 6.61 Å². The molecule has 0 unspecified atom stereocenters. The Labute approximate surface area is 129 Å². The summed E-state index contributed by atoms with van der Waals surface area (Å²) in [5.41, 5.74) is 0. The maximum Gasteiger partial charge on any atom is 0.207 e. The van der Waals surface area contributed by atoms with Crippen molar-refractivity contribution < 1.29 is 38.2 Å². The minimum atomic E-state index is -4.94. The van der Waals surface area contributed by atoms with Crippen LogP contribution in [0.2, 0.25) is 0 Å². The van der Waals surface area contributed by atoms with Gasteiger partial charge in [0.1, 0.15) is 13.1 Å². The second-order valence-corrected chi connectivity index (χ2v) is 4.67. The summed E-state index contributed by atoms with van der Waals surface area (Å²) in [7, 11) is -4.94. The molecule has 0 aliphatic carbocycles. The van der Waals surface area contributed by atoms with Crippen molar-refractivity contribution in [2.45, 2.75) is 34.6 Å². The van der Waals surface area contributed by atoms with Crippen LogP contribution in [0, 0.1) is 10.2 Å². The highest BCUT2D eigenvalue weighted by molar-refractivity contribution is 5.71. The molecule has 0 N–H and O–H groups in total. The van der Waals surface area contributed by atoms with E-state index in [1.54, 1.807) is 0 Å². The monoisotopic (exact) mass is 326 g/mol. The Morgan fingerprint density at radius 2 is 1.43 bits per heavy atom. The molecule has 126 valence electrons. The quantitative estimate of drug-likeness (QED) is 0.279. The van der Waals surface area contributed by atoms with Gasteiger partial charge in [-0.1, -0.05) is 0 Å². The first-order valence-electron chi connectivity index (χ1n) is 7.00. The Morgan fingerprint density at radius 3 is 1.71 bits per heavy atom. The lowest BCUT2D eigenvalue weighted by Crippen LogP contribution is -2.68. The number of allylic oxidation sites excluding steroid dienone is 1. The van der Waals surface area contributed by atoms with E-state index in [9.17, 15) is 0 Å². The Bertz CT molecular complexity index is 300. The normalized spacial score (nSPS) is 11.4. The molecule has 0 heterocycles. The number of ether oxygens (including phenoxy) is 1. The molecular weight excluding hydrogens is 300 g/mol. The lowest BCUT2D eigenvalue weighted by molar-refractivity contribution is -2.00. The van der Waals surface area contributed by atoms with Crippen LogP contribution >= 0.6 is 0 Å². The van der Waals surface area contributed by atoms with Gasteiger partial charge in [-0.15, -0.1) is 10.2 Å². The summed E-state index contributed by atoms with van der Waals surface area (Å²) >= 11 is 0. The van der Waals surface area contributed by atoms with E-state index in [0.717, 1.165) is 31.9 Å². The molecule has 0 aromatic carbocycles. The van der Waals surface area contributed by atoms with E-state index in [1.165, 1.54) is 0 Å². The minimum Gasteiger partial charge on any atom is -0.487 e. The molecule has 0 radical (unpaired) electrons. The molecule has 0 aromatic heterocycles. The molecule has 0 aliphatic rings. The van der Waals surface area contributed by atoms with Crippen molar-refractivity contribution in [2.24, 2.45) is 0 Å². The van der Waals surface area contributed by atoms with Gasteiger partial charge in [0.25, 0.3) is 0 Å². The molecule has 0 rings (SSSR count). The van der Waals surface area contributed by atoms with Crippen LogP contribution in [0.5, 0.6) is 0 Å². The van der Waals surface area contributed by atoms with E-state index < -0.39 is 10.2 Å². The van der Waals surface area contributed by atoms with Crippen LogP contribution in [0.1, 0.15) is 34.6 Å². The van der Waals surface area contributed by atoms with E-state index in [2.05, 4.69) is 49.6 Å². The highest BCUT2D eigenvalue weighted by Crippen LogP contribution is 1.98. The Hall–Kier alpha value is -0.860. The fourth-order valence-electron chi connectivity index (χ4n) is 1.45. The zero-order valence-electron chi connectivity index (χ0n) is 13.5. The fraction of sp³-hybridized carbons (Fsp3) is 0.769. The van der Waals surface area contributed by atoms with Gasteiger partial charge in [0.2, 0.25) is 6.21 Å². The molecule has 0 atom stereocenters. The first-order valence-corrected chi connectivity index (χ1v) is 8.24. The predicted molar refractivity (Wildman–Crippen MR) is 70.0 cm³/mol. The van der Waals surface area contributed by atoms with Crippen molar-refractivity contribution in [1.82, 2.24) is 4.90 Å². The molecule has 0 amide bonds. The highest BCUT2D eigenvalue weighted by atomic mass is 35.7. The van der Waals surface area contributed by atoms with Gasteiger partial charge in [-0.2, -0.15) is 0 Å². The SMILES string of the molecule is CCO/C(C=[N+](CC)CC)=C\N(CC)CC.[O-][Cl+3]([O-])([O-])[O-]. The van der Waals surface area contributed by atoms with Crippen molar-refractivity contribution in [3.63, 3.8) is 0 Å². The third-order valence-electron chi connectivity index (χ3n) is 2.56. The van der Waals surface area contributed by atoms with Crippen molar-refractivity contribution in [3.8, 4) is 0 Å². The third-order valence-corrected chi connectivity index (χ3v) is 2.56. The number of nitrogens with zero attached hydrogens (tertiary/aromatic N) is 2. The Balaban J connectivity index is 0. The smallest absolute Gasteiger partial charge is 0.207 e. The van der Waals surface area contributed by atoms with Crippen molar-refractivity contribution in [3.05, 3.63) is 12.0 Å². The molecule has 21 heavy (non-hydrogen) atoms. The number of rotatable bonds is 8. The first-order chi connectivity index (χ1) is 9.71. The van der Waals surface area contributed by atoms with Crippen LogP contribution in [-0.2, 0) is 4.74 Å². The Kier molecular flexibility index (Phi) is 13.7. The van der Waals surface area contributed by atoms with Gasteiger partial charge in [-0.3, -0.25) is 0 Å². The summed E-state index contributed by atoms with van der Waals surface area (Å²) in [5.74, 6) is 0.954. The first kappa shape index (κ1) is 22.4. The van der Waals surface area contributed by atoms with Gasteiger partial charge in [0, 0.05) is 19.3 Å². The lowest BCUT2D eigenvalue weighted by Gasteiger charge is -2.17. The standard InChI is InChI=1S/C13H27N2O.ClHO4/c1-6-14(7-2)11-13(16-10-5)12-15(8-3)9-4;2-1(3,4)5/h11-12H,6-10H2,1-5H3;(H,2,3,4,5)/q+1;/p-1. The average molecular weight is 327 g/mol. The van der Waals surface area contributed by atoms with Crippen LogP contribution in [-0.4, -0.2) is 48.5 Å². The summed E-state index contributed by atoms with van der Waals surface area (Å²) in [6.07, 6.45) is 4.20. The van der Waals surface area contributed by atoms with Gasteiger partial charge in [-0.05, 0) is 34.6 Å². The van der Waals surface area contributed by atoms with E-state index in [4.69, 9.17) is 23.4 Å². The zero-order valence-corrected chi connectivity index (χ0v) is 14.3. The van der Waals surface area contributed by atoms with Crippen LogP contribution in [0.25, 0.3) is 0 Å². The number of hydrogen-bond donors (Lipinski definition) is 0. The van der Waals surface area contributed by atoms with Gasteiger partial charge in [-0.25, -0.2) is 23.2 Å². The molecule has 0 saturated heterocycles. The summed E-state index contributed by atoms with van der Waals surface area (Å²) in [5, 5.41) is 0. The minimum absolute atomic E-state index is 0.713. The lowest BCUT2D eigenvalue weighted by atomic mass is 10.4. The Morgan fingerprint density at radius 1 is 1.00 bits per heavy atom. The van der Waals surface area contributed by atoms with E-state index in [0.29, 0.717) is 6.61 Å². The van der Waals surface area contributed by atoms with Crippen molar-refractivity contribution in [2.75, 3.05) is 32.8 Å². The average Bonchev–Trinajstić information content (AvgIpc) is 2.39. The number of hydrogen-bond acceptors (Lipinski definition) is 6. The van der Waals surface area contributed by atoms with Crippen LogP contribution in [0.4, 0.5) is 0 Å². The molecule has 8 heteroatoms. The molecule has 0 spiro atoms. The second kappa shape index (κ2) is 12.8. The molecule has 0 aromatic rings. The maximum absolute atomic E-state index is 8.49. The third kappa shape index (κ3) is 17.1. The van der Waals surface area contributed by atoms with E-state index in [1.807, 2.05) is 6.92 Å². The molecule has 0 saturated carbocycles. The largest absolute Gasteiger partial charge is 0.487 e. The fourth-order valence-corrected chi connectivity index (χ4v) is 1.45. The summed E-state index contributed by atoms with van der Waals surface area (Å²) in [4.78, 5) is 2.24. The highest BCUT2D eigenvalue weighted by Gasteiger charge is 2.04. The topological polar surface area (TPSA) is 108 Å². The van der Waals surface area contributed by atoms with E-state index in [-0.39, 0.29) is 0 Å².